The van der Waals surface area contributed by atoms with Gasteiger partial charge in [0, 0.05) is 5.66 Å². The summed E-state index contributed by atoms with van der Waals surface area (Å²) in [6, 6.07) is 0. The van der Waals surface area contributed by atoms with Crippen molar-refractivity contribution in [2.45, 2.75) is 110 Å². The minimum absolute atomic E-state index is 0.436. The van der Waals surface area contributed by atoms with Crippen LogP contribution in [0.25, 0.3) is 0 Å². The van der Waals surface area contributed by atoms with Gasteiger partial charge < -0.3 is 4.57 Å². The maximum Gasteiger partial charge on any atom is 0.0872 e. The highest BCUT2D eigenvalue weighted by Crippen LogP contribution is 2.47. The topological polar surface area (TPSA) is 17.1 Å². The Kier molecular flexibility index (Phi) is 14.0. The second-order valence-electron chi connectivity index (χ2n) is 7.02. The summed E-state index contributed by atoms with van der Waals surface area (Å²) in [6.45, 7) is 8.52. The van der Waals surface area contributed by atoms with Gasteiger partial charge in [-0.1, -0.05) is 97.8 Å². The average molecular weight is 317 g/mol. The Hall–Kier alpha value is 0.230. The molecule has 2 atom stereocenters. The summed E-state index contributed by atoms with van der Waals surface area (Å²) < 4.78 is 12.2. The molecule has 21 heavy (non-hydrogen) atoms. The van der Waals surface area contributed by atoms with E-state index in [0.29, 0.717) is 5.66 Å². The quantitative estimate of drug-likeness (QED) is 0.226. The molecule has 0 aliphatic heterocycles. The summed E-state index contributed by atoms with van der Waals surface area (Å²) >= 11 is 0. The van der Waals surface area contributed by atoms with Gasteiger partial charge in [0.2, 0.25) is 0 Å². The fourth-order valence-electron chi connectivity index (χ4n) is 2.87. The van der Waals surface area contributed by atoms with Crippen molar-refractivity contribution >= 4 is 7.14 Å². The second-order valence-corrected chi connectivity index (χ2v) is 10.9. The smallest absolute Gasteiger partial charge is 0.0872 e. The van der Waals surface area contributed by atoms with Crippen LogP contribution in [0.15, 0.2) is 0 Å². The predicted octanol–water partition coefficient (Wildman–Crippen LogP) is 7.48. The van der Waals surface area contributed by atoms with Gasteiger partial charge in [-0.15, -0.1) is 0 Å². The third-order valence-electron chi connectivity index (χ3n) is 5.04. The van der Waals surface area contributed by atoms with E-state index in [0.717, 1.165) is 6.16 Å². The standard InChI is InChI=1S/C19H41OP/c1-5-7-8-9-10-11-12-13-14-15-16-17-18-19(3)21(4,20)6-2/h19H,5-18H2,1-4H3. The van der Waals surface area contributed by atoms with Crippen molar-refractivity contribution in [2.75, 3.05) is 12.8 Å². The molecule has 0 fully saturated rings. The predicted molar refractivity (Wildman–Crippen MR) is 99.2 cm³/mol. The molecule has 2 heteroatoms. The van der Waals surface area contributed by atoms with Crippen LogP contribution in [0.2, 0.25) is 0 Å². The Morgan fingerprint density at radius 1 is 0.714 bits per heavy atom. The van der Waals surface area contributed by atoms with Crippen molar-refractivity contribution in [3.05, 3.63) is 0 Å². The first-order valence-electron chi connectivity index (χ1n) is 9.60. The Labute approximate surface area is 135 Å². The molecular formula is C19H41OP. The maximum atomic E-state index is 12.2. The van der Waals surface area contributed by atoms with E-state index >= 15 is 0 Å². The lowest BCUT2D eigenvalue weighted by molar-refractivity contribution is 0.532. The molecule has 128 valence electrons. The zero-order valence-corrected chi connectivity index (χ0v) is 16.2. The van der Waals surface area contributed by atoms with E-state index in [2.05, 4.69) is 20.8 Å². The summed E-state index contributed by atoms with van der Waals surface area (Å²) in [6.07, 6.45) is 18.8. The van der Waals surface area contributed by atoms with Gasteiger partial charge in [0.25, 0.3) is 0 Å². The SMILES string of the molecule is CCCCCCCCCCCCCCC(C)P(C)(=O)CC. The van der Waals surface area contributed by atoms with Crippen LogP contribution >= 0.6 is 7.14 Å². The van der Waals surface area contributed by atoms with E-state index in [1.807, 2.05) is 6.66 Å². The monoisotopic (exact) mass is 316 g/mol. The highest BCUT2D eigenvalue weighted by atomic mass is 31.2. The van der Waals surface area contributed by atoms with E-state index in [-0.39, 0.29) is 0 Å². The normalized spacial score (nSPS) is 15.8. The minimum Gasteiger partial charge on any atom is -0.324 e. The van der Waals surface area contributed by atoms with Crippen molar-refractivity contribution in [3.8, 4) is 0 Å². The zero-order valence-electron chi connectivity index (χ0n) is 15.3. The Bertz CT molecular complexity index is 262. The third-order valence-corrected chi connectivity index (χ3v) is 8.41. The number of rotatable bonds is 15. The van der Waals surface area contributed by atoms with Crippen LogP contribution in [0, 0.1) is 0 Å². The van der Waals surface area contributed by atoms with Crippen LogP contribution in [0.5, 0.6) is 0 Å². The molecule has 0 N–H and O–H groups in total. The largest absolute Gasteiger partial charge is 0.324 e. The van der Waals surface area contributed by atoms with E-state index < -0.39 is 7.14 Å². The van der Waals surface area contributed by atoms with E-state index in [1.54, 1.807) is 0 Å². The van der Waals surface area contributed by atoms with Crippen LogP contribution in [-0.2, 0) is 4.57 Å². The summed E-state index contributed by atoms with van der Waals surface area (Å²) in [5.41, 5.74) is 0.436. The van der Waals surface area contributed by atoms with Gasteiger partial charge in [-0.3, -0.25) is 0 Å². The first-order chi connectivity index (χ1) is 10.0. The first-order valence-corrected chi connectivity index (χ1v) is 12.0. The molecule has 0 rings (SSSR count). The summed E-state index contributed by atoms with van der Waals surface area (Å²) in [5, 5.41) is 0. The van der Waals surface area contributed by atoms with Crippen LogP contribution < -0.4 is 0 Å². The lowest BCUT2D eigenvalue weighted by atomic mass is 10.0. The van der Waals surface area contributed by atoms with E-state index in [9.17, 15) is 4.57 Å². The average Bonchev–Trinajstić information content (AvgIpc) is 2.48. The van der Waals surface area contributed by atoms with Gasteiger partial charge in [-0.05, 0) is 19.2 Å². The lowest BCUT2D eigenvalue weighted by Crippen LogP contribution is -2.04. The van der Waals surface area contributed by atoms with Crippen LogP contribution in [0.3, 0.4) is 0 Å². The Balaban J connectivity index is 3.24. The first kappa shape index (κ1) is 21.2. The van der Waals surface area contributed by atoms with Gasteiger partial charge in [0.15, 0.2) is 0 Å². The van der Waals surface area contributed by atoms with Gasteiger partial charge in [-0.25, -0.2) is 0 Å². The molecule has 1 nitrogen and oxygen atoms in total. The van der Waals surface area contributed by atoms with E-state index in [1.165, 1.54) is 83.5 Å². The fraction of sp³-hybridized carbons (Fsp3) is 1.00. The number of hydrogen-bond acceptors (Lipinski definition) is 1. The molecule has 0 amide bonds. The van der Waals surface area contributed by atoms with Crippen molar-refractivity contribution in [2.24, 2.45) is 0 Å². The third kappa shape index (κ3) is 12.5. The lowest BCUT2D eigenvalue weighted by Gasteiger charge is -2.19. The molecule has 2 unspecified atom stereocenters. The molecule has 0 saturated carbocycles. The van der Waals surface area contributed by atoms with Crippen LogP contribution in [0.4, 0.5) is 0 Å². The number of hydrogen-bond donors (Lipinski definition) is 0. The van der Waals surface area contributed by atoms with Gasteiger partial charge in [0.05, 0.1) is 7.14 Å². The van der Waals surface area contributed by atoms with Crippen LogP contribution in [-0.4, -0.2) is 18.5 Å². The van der Waals surface area contributed by atoms with Gasteiger partial charge in [0.1, 0.15) is 0 Å². The maximum absolute atomic E-state index is 12.2. The summed E-state index contributed by atoms with van der Waals surface area (Å²) in [4.78, 5) is 0. The molecule has 0 aliphatic rings. The zero-order chi connectivity index (χ0) is 16.0. The summed E-state index contributed by atoms with van der Waals surface area (Å²) in [7, 11) is -1.85. The highest BCUT2D eigenvalue weighted by Gasteiger charge is 2.20. The molecule has 0 aromatic carbocycles. The fourth-order valence-corrected chi connectivity index (χ4v) is 4.22. The number of unbranched alkanes of at least 4 members (excludes halogenated alkanes) is 11. The molecule has 0 saturated heterocycles. The molecule has 0 aromatic heterocycles. The van der Waals surface area contributed by atoms with Crippen molar-refractivity contribution in [1.82, 2.24) is 0 Å². The molecular weight excluding hydrogens is 275 g/mol. The van der Waals surface area contributed by atoms with Gasteiger partial charge >= 0.3 is 0 Å². The Morgan fingerprint density at radius 3 is 1.48 bits per heavy atom. The van der Waals surface area contributed by atoms with Crippen molar-refractivity contribution in [1.29, 1.82) is 0 Å². The van der Waals surface area contributed by atoms with E-state index in [4.69, 9.17) is 0 Å². The van der Waals surface area contributed by atoms with Crippen LogP contribution in [0.1, 0.15) is 104 Å². The Morgan fingerprint density at radius 2 is 1.10 bits per heavy atom. The second kappa shape index (κ2) is 13.9. The molecule has 0 radical (unpaired) electrons. The molecule has 0 spiro atoms. The minimum atomic E-state index is -1.85. The molecule has 0 heterocycles. The highest BCUT2D eigenvalue weighted by molar-refractivity contribution is 7.63. The summed E-state index contributed by atoms with van der Waals surface area (Å²) in [5.74, 6) is 0. The van der Waals surface area contributed by atoms with Gasteiger partial charge in [-0.2, -0.15) is 0 Å². The van der Waals surface area contributed by atoms with Crippen molar-refractivity contribution in [3.63, 3.8) is 0 Å². The molecule has 0 aromatic rings. The molecule has 0 aliphatic carbocycles. The van der Waals surface area contributed by atoms with Crippen molar-refractivity contribution < 1.29 is 4.57 Å². The molecule has 0 bridgehead atoms.